The number of thiophene rings is 1. The molecule has 49 heavy (non-hydrogen) atoms. The highest BCUT2D eigenvalue weighted by atomic mass is 35.5. The number of halogens is 2. The fourth-order valence-electron chi connectivity index (χ4n) is 7.17. The van der Waals surface area contributed by atoms with E-state index in [0.29, 0.717) is 78.7 Å². The molecule has 260 valence electrons. The van der Waals surface area contributed by atoms with Gasteiger partial charge in [-0.05, 0) is 32.2 Å². The Kier molecular flexibility index (Phi) is 10.1. The Morgan fingerprint density at radius 1 is 1.14 bits per heavy atom. The molecule has 7 rings (SSSR count). The lowest BCUT2D eigenvalue weighted by atomic mass is 9.75. The van der Waals surface area contributed by atoms with Crippen LogP contribution in [0.2, 0.25) is 0 Å². The number of aliphatic imine (C=N–C) groups is 1. The third-order valence-electron chi connectivity index (χ3n) is 9.57. The van der Waals surface area contributed by atoms with Crippen molar-refractivity contribution >= 4 is 63.0 Å². The van der Waals surface area contributed by atoms with Gasteiger partial charge < -0.3 is 30.9 Å². The van der Waals surface area contributed by atoms with Crippen molar-refractivity contribution in [1.82, 2.24) is 19.8 Å². The second-order valence-corrected chi connectivity index (χ2v) is 15.7. The lowest BCUT2D eigenvalue weighted by molar-refractivity contribution is -0.124. The van der Waals surface area contributed by atoms with Crippen LogP contribution in [0.4, 0.5) is 21.0 Å². The maximum atomic E-state index is 12.6. The standard InChI is InChI=1S/C25H27ClN10O2S2.C7H12FN/c1-34(2)22(37)18(29)17(26)15-9-35(6-4-5-31-15)20-14(8-28)21(33-24(32-20)38-3)36-10-25(11-36)12-39-23-16(25)13(7-27)19(30)40-23;8-6-4-7-2-1-3-9(7)5-6/h4-6,9-12,29-30H2,1-3H3;6-7H,1-5H2/b18-17+;. The van der Waals surface area contributed by atoms with Gasteiger partial charge in [-0.1, -0.05) is 11.6 Å². The Bertz CT molecular complexity index is 1770. The predicted octanol–water partition coefficient (Wildman–Crippen LogP) is 3.08. The second-order valence-electron chi connectivity index (χ2n) is 13.0. The van der Waals surface area contributed by atoms with Gasteiger partial charge in [0.25, 0.3) is 5.91 Å². The number of ether oxygens (including phenoxy) is 1. The third-order valence-corrected chi connectivity index (χ3v) is 12.6. The average Bonchev–Trinajstić information content (AvgIpc) is 3.78. The number of nitriles is 2. The van der Waals surface area contributed by atoms with Crippen molar-refractivity contribution in [2.24, 2.45) is 10.7 Å². The quantitative estimate of drug-likeness (QED) is 0.431. The number of carbonyl (C=O) groups excluding carboxylic acids is 1. The molecule has 0 saturated carbocycles. The number of hydrogen-bond donors (Lipinski definition) is 2. The minimum Gasteiger partial charge on any atom is -0.467 e. The van der Waals surface area contributed by atoms with E-state index in [4.69, 9.17) is 27.8 Å². The minimum absolute atomic E-state index is 0.0768. The number of hydrogen-bond acceptors (Lipinski definition) is 14. The SMILES string of the molecule is COc1nc(N2CCCN=C(/C(Cl)=C(\N)C(=O)N(C)C)C2)c(C#N)c(N2CC3(CSc4sc(N)c(C#N)c43)C2)n1.FC1CC2CCCN2C1. The Hall–Kier alpha value is -3.83. The molecule has 3 fully saturated rings. The van der Waals surface area contributed by atoms with Gasteiger partial charge in [0.1, 0.15) is 34.6 Å². The fraction of sp³-hybridized carbons (Fsp3) is 0.562. The first-order valence-corrected chi connectivity index (χ1v) is 18.3. The summed E-state index contributed by atoms with van der Waals surface area (Å²) in [5.74, 6) is 1.27. The lowest BCUT2D eigenvalue weighted by Gasteiger charge is -2.49. The van der Waals surface area contributed by atoms with E-state index in [1.807, 2.05) is 9.80 Å². The van der Waals surface area contributed by atoms with Gasteiger partial charge in [-0.25, -0.2) is 4.39 Å². The number of fused-ring (bicyclic) bond motifs is 3. The van der Waals surface area contributed by atoms with Crippen LogP contribution >= 0.6 is 34.7 Å². The van der Waals surface area contributed by atoms with Crippen molar-refractivity contribution in [2.75, 3.05) is 88.3 Å². The Morgan fingerprint density at radius 2 is 1.86 bits per heavy atom. The van der Waals surface area contributed by atoms with E-state index in [-0.39, 0.29) is 28.7 Å². The largest absolute Gasteiger partial charge is 0.467 e. The van der Waals surface area contributed by atoms with Crippen LogP contribution in [0.3, 0.4) is 0 Å². The molecule has 5 aliphatic rings. The monoisotopic (exact) mass is 727 g/mol. The maximum absolute atomic E-state index is 12.6. The van der Waals surface area contributed by atoms with Gasteiger partial charge in [-0.3, -0.25) is 14.7 Å². The average molecular weight is 728 g/mol. The summed E-state index contributed by atoms with van der Waals surface area (Å²) in [6.45, 7) is 4.22. The van der Waals surface area contributed by atoms with Crippen LogP contribution in [0.25, 0.3) is 0 Å². The van der Waals surface area contributed by atoms with Gasteiger partial charge in [0.2, 0.25) is 0 Å². The zero-order valence-corrected chi connectivity index (χ0v) is 30.1. The van der Waals surface area contributed by atoms with E-state index in [1.165, 1.54) is 36.2 Å². The van der Waals surface area contributed by atoms with Crippen LogP contribution in [0.1, 0.15) is 42.4 Å². The van der Waals surface area contributed by atoms with Crippen molar-refractivity contribution in [1.29, 1.82) is 10.5 Å². The molecule has 7 heterocycles. The molecule has 3 saturated heterocycles. The molecule has 1 amide bonds. The molecule has 2 unspecified atom stereocenters. The predicted molar refractivity (Wildman–Crippen MR) is 190 cm³/mol. The number of nitrogens with zero attached hydrogens (tertiary/aromatic N) is 9. The first-order valence-electron chi connectivity index (χ1n) is 16.1. The van der Waals surface area contributed by atoms with E-state index in [1.54, 1.807) is 25.9 Å². The number of amides is 1. The molecule has 2 atom stereocenters. The summed E-state index contributed by atoms with van der Waals surface area (Å²) >= 11 is 9.72. The zero-order chi connectivity index (χ0) is 35.0. The van der Waals surface area contributed by atoms with Gasteiger partial charge in [0.05, 0.1) is 34.2 Å². The van der Waals surface area contributed by atoms with Crippen LogP contribution in [-0.4, -0.2) is 116 Å². The van der Waals surface area contributed by atoms with Gasteiger partial charge in [-0.15, -0.1) is 23.1 Å². The molecule has 17 heteroatoms. The van der Waals surface area contributed by atoms with Crippen molar-refractivity contribution in [3.8, 4) is 18.1 Å². The molecule has 0 aliphatic carbocycles. The number of rotatable bonds is 5. The number of methoxy groups -OCH3 is 1. The smallest absolute Gasteiger partial charge is 0.320 e. The molecule has 4 N–H and O–H groups in total. The highest BCUT2D eigenvalue weighted by Crippen LogP contribution is 2.56. The zero-order valence-electron chi connectivity index (χ0n) is 27.7. The summed E-state index contributed by atoms with van der Waals surface area (Å²) in [6, 6.07) is 5.31. The molecule has 13 nitrogen and oxygen atoms in total. The number of nitrogen functional groups attached to an aromatic ring is 1. The fourth-order valence-corrected chi connectivity index (χ4v) is 10.1. The van der Waals surface area contributed by atoms with E-state index < -0.39 is 12.1 Å². The first kappa shape index (κ1) is 35.0. The molecule has 1 spiro atoms. The summed E-state index contributed by atoms with van der Waals surface area (Å²) in [6.07, 6.45) is 3.48. The summed E-state index contributed by atoms with van der Waals surface area (Å²) < 4.78 is 19.1. The Morgan fingerprint density at radius 3 is 2.51 bits per heavy atom. The van der Waals surface area contributed by atoms with E-state index >= 15 is 0 Å². The van der Waals surface area contributed by atoms with Crippen molar-refractivity contribution < 1.29 is 13.9 Å². The highest BCUT2D eigenvalue weighted by Gasteiger charge is 2.53. The van der Waals surface area contributed by atoms with Crippen molar-refractivity contribution in [2.45, 2.75) is 47.5 Å². The molecule has 5 aliphatic heterocycles. The van der Waals surface area contributed by atoms with Crippen LogP contribution in [0, 0.1) is 22.7 Å². The van der Waals surface area contributed by atoms with Gasteiger partial charge in [-0.2, -0.15) is 20.5 Å². The van der Waals surface area contributed by atoms with Crippen LogP contribution < -0.4 is 26.0 Å². The second kappa shape index (κ2) is 14.2. The molecule has 0 radical (unpaired) electrons. The highest BCUT2D eigenvalue weighted by molar-refractivity contribution is 8.01. The number of aromatic nitrogens is 2. The number of nitrogens with two attached hydrogens (primary N) is 2. The number of alkyl halides is 1. The molecule has 2 aromatic rings. The van der Waals surface area contributed by atoms with Crippen LogP contribution in [0.15, 0.2) is 19.9 Å². The normalized spacial score (nSPS) is 22.8. The number of anilines is 3. The molecule has 0 aromatic carbocycles. The van der Waals surface area contributed by atoms with Gasteiger partial charge in [0, 0.05) is 69.6 Å². The van der Waals surface area contributed by atoms with Gasteiger partial charge >= 0.3 is 6.01 Å². The first-order chi connectivity index (χ1) is 23.5. The molecule has 2 aromatic heterocycles. The number of thioether (sulfide) groups is 1. The molecular formula is C32H39ClFN11O2S2. The van der Waals surface area contributed by atoms with E-state index in [2.05, 4.69) is 32.0 Å². The molecule has 0 bridgehead atoms. The van der Waals surface area contributed by atoms with Crippen molar-refractivity contribution in [3.63, 3.8) is 0 Å². The van der Waals surface area contributed by atoms with Gasteiger partial charge in [0.15, 0.2) is 11.6 Å². The van der Waals surface area contributed by atoms with Crippen LogP contribution in [0.5, 0.6) is 6.01 Å². The molecular weight excluding hydrogens is 689 g/mol. The summed E-state index contributed by atoms with van der Waals surface area (Å²) in [5, 5.41) is 20.7. The van der Waals surface area contributed by atoms with Crippen LogP contribution in [-0.2, 0) is 10.2 Å². The maximum Gasteiger partial charge on any atom is 0.320 e. The summed E-state index contributed by atoms with van der Waals surface area (Å²) in [4.78, 5) is 33.6. The Labute approximate surface area is 298 Å². The third kappa shape index (κ3) is 6.59. The number of carbonyl (C=O) groups is 1. The number of likely N-dealkylation sites (N-methyl/N-ethyl adjacent to an activating group) is 1. The van der Waals surface area contributed by atoms with E-state index in [0.717, 1.165) is 28.5 Å². The lowest BCUT2D eigenvalue weighted by Crippen LogP contribution is -2.60. The topological polar surface area (TPSA) is 177 Å². The van der Waals surface area contributed by atoms with Crippen molar-refractivity contribution in [3.05, 3.63) is 27.4 Å². The summed E-state index contributed by atoms with van der Waals surface area (Å²) in [5.41, 5.74) is 14.1. The minimum atomic E-state index is -0.518. The Balaban J connectivity index is 0.000000396. The van der Waals surface area contributed by atoms with E-state index in [9.17, 15) is 19.7 Å². The summed E-state index contributed by atoms with van der Waals surface area (Å²) in [7, 11) is 4.66.